The van der Waals surface area contributed by atoms with Crippen molar-refractivity contribution in [1.82, 2.24) is 15.5 Å². The van der Waals surface area contributed by atoms with Crippen molar-refractivity contribution in [3.05, 3.63) is 52.2 Å². The van der Waals surface area contributed by atoms with Crippen LogP contribution in [0.5, 0.6) is 0 Å². The van der Waals surface area contributed by atoms with E-state index in [2.05, 4.69) is 33.0 Å². The van der Waals surface area contributed by atoms with Crippen LogP contribution in [0, 0.1) is 6.92 Å². The van der Waals surface area contributed by atoms with Gasteiger partial charge in [0.1, 0.15) is 0 Å². The van der Waals surface area contributed by atoms with Crippen molar-refractivity contribution in [2.45, 2.75) is 17.7 Å². The number of aryl methyl sites for hydroxylation is 1. The molecule has 2 N–H and O–H groups in total. The smallest absolute Gasteiger partial charge is 0.230 e. The van der Waals surface area contributed by atoms with Crippen molar-refractivity contribution in [2.24, 2.45) is 0 Å². The topological polar surface area (TPSA) is 66.9 Å². The van der Waals surface area contributed by atoms with Crippen LogP contribution >= 0.6 is 34.4 Å². The molecule has 0 aliphatic carbocycles. The van der Waals surface area contributed by atoms with E-state index >= 15 is 0 Å². The summed E-state index contributed by atoms with van der Waals surface area (Å²) in [5.41, 5.74) is 2.17. The predicted molar refractivity (Wildman–Crippen MR) is 106 cm³/mol. The van der Waals surface area contributed by atoms with Crippen LogP contribution in [0.4, 0.5) is 10.8 Å². The summed E-state index contributed by atoms with van der Waals surface area (Å²) in [5, 5.41) is 17.2. The molecule has 0 fully saturated rings. The molecule has 2 aromatic heterocycles. The summed E-state index contributed by atoms with van der Waals surface area (Å²) in [6.07, 6.45) is 0.872. The molecule has 0 aliphatic heterocycles. The van der Waals surface area contributed by atoms with E-state index in [0.717, 1.165) is 21.6 Å². The number of aromatic nitrogens is 2. The van der Waals surface area contributed by atoms with E-state index in [1.165, 1.54) is 33.5 Å². The molecule has 0 radical (unpaired) electrons. The summed E-state index contributed by atoms with van der Waals surface area (Å²) in [4.78, 5) is 13.2. The first kappa shape index (κ1) is 17.9. The third kappa shape index (κ3) is 5.84. The van der Waals surface area contributed by atoms with Crippen molar-refractivity contribution in [1.29, 1.82) is 0 Å². The monoisotopic (exact) mass is 390 g/mol. The molecule has 130 valence electrons. The van der Waals surface area contributed by atoms with Gasteiger partial charge in [-0.15, -0.1) is 21.5 Å². The van der Waals surface area contributed by atoms with Gasteiger partial charge in [0, 0.05) is 17.1 Å². The number of hydrogen-bond acceptors (Lipinski definition) is 7. The summed E-state index contributed by atoms with van der Waals surface area (Å²) in [6.45, 7) is 2.71. The number of thiophene rings is 1. The lowest BCUT2D eigenvalue weighted by Crippen LogP contribution is -2.27. The fraction of sp³-hybridized carbons (Fsp3) is 0.235. The van der Waals surface area contributed by atoms with E-state index in [1.807, 2.05) is 36.6 Å². The summed E-state index contributed by atoms with van der Waals surface area (Å²) < 4.78 is 0.781. The van der Waals surface area contributed by atoms with Gasteiger partial charge in [0.2, 0.25) is 11.0 Å². The Bertz CT molecular complexity index is 817. The highest BCUT2D eigenvalue weighted by Crippen LogP contribution is 2.27. The Labute approximate surface area is 158 Å². The van der Waals surface area contributed by atoms with Crippen LogP contribution in [0.2, 0.25) is 0 Å². The Morgan fingerprint density at radius 1 is 1.24 bits per heavy atom. The molecule has 3 rings (SSSR count). The molecule has 0 spiro atoms. The Kier molecular flexibility index (Phi) is 6.43. The van der Waals surface area contributed by atoms with Crippen molar-refractivity contribution < 1.29 is 4.79 Å². The number of thioether (sulfide) groups is 1. The standard InChI is InChI=1S/C17H18N4OS3/c1-12-4-2-5-13(10-12)19-16-20-21-17(25-16)24-11-15(22)18-8-7-14-6-3-9-23-14/h2-6,9-10H,7-8,11H2,1H3,(H,18,22)(H,19,20). The SMILES string of the molecule is Cc1cccc(Nc2nnc(SCC(=O)NCCc3cccs3)s2)c1. The molecule has 0 bridgehead atoms. The fourth-order valence-corrected chi connectivity index (χ4v) is 4.43. The van der Waals surface area contributed by atoms with Crippen LogP contribution in [-0.4, -0.2) is 28.4 Å². The van der Waals surface area contributed by atoms with Crippen LogP contribution in [-0.2, 0) is 11.2 Å². The van der Waals surface area contributed by atoms with Gasteiger partial charge in [-0.25, -0.2) is 0 Å². The van der Waals surface area contributed by atoms with Gasteiger partial charge in [0.25, 0.3) is 0 Å². The normalized spacial score (nSPS) is 10.6. The molecule has 0 atom stereocenters. The lowest BCUT2D eigenvalue weighted by molar-refractivity contribution is -0.118. The third-order valence-electron chi connectivity index (χ3n) is 3.28. The largest absolute Gasteiger partial charge is 0.355 e. The number of hydrogen-bond donors (Lipinski definition) is 2. The maximum atomic E-state index is 11.9. The van der Waals surface area contributed by atoms with Crippen LogP contribution in [0.1, 0.15) is 10.4 Å². The molecular formula is C17H18N4OS3. The van der Waals surface area contributed by atoms with E-state index in [4.69, 9.17) is 0 Å². The minimum atomic E-state index is 0.0185. The lowest BCUT2D eigenvalue weighted by Gasteiger charge is -2.03. The van der Waals surface area contributed by atoms with Gasteiger partial charge >= 0.3 is 0 Å². The first-order valence-corrected chi connectivity index (χ1v) is 10.5. The number of benzene rings is 1. The highest BCUT2D eigenvalue weighted by molar-refractivity contribution is 8.01. The molecular weight excluding hydrogens is 372 g/mol. The Hall–Kier alpha value is -1.90. The Morgan fingerprint density at radius 3 is 2.96 bits per heavy atom. The summed E-state index contributed by atoms with van der Waals surface area (Å²) in [7, 11) is 0. The first-order valence-electron chi connectivity index (χ1n) is 7.78. The van der Waals surface area contributed by atoms with Gasteiger partial charge in [-0.1, -0.05) is 41.3 Å². The van der Waals surface area contributed by atoms with Crippen LogP contribution < -0.4 is 10.6 Å². The third-order valence-corrected chi connectivity index (χ3v) is 6.18. The highest BCUT2D eigenvalue weighted by Gasteiger charge is 2.08. The molecule has 1 amide bonds. The second-order valence-electron chi connectivity index (χ2n) is 5.34. The number of rotatable bonds is 8. The number of carbonyl (C=O) groups is 1. The van der Waals surface area contributed by atoms with Gasteiger partial charge in [0.05, 0.1) is 5.75 Å². The van der Waals surface area contributed by atoms with E-state index in [9.17, 15) is 4.79 Å². The molecule has 0 saturated heterocycles. The van der Waals surface area contributed by atoms with E-state index in [0.29, 0.717) is 12.3 Å². The number of carbonyl (C=O) groups excluding carboxylic acids is 1. The number of amides is 1. The number of anilines is 2. The Balaban J connectivity index is 1.41. The minimum Gasteiger partial charge on any atom is -0.355 e. The van der Waals surface area contributed by atoms with E-state index in [-0.39, 0.29) is 5.91 Å². The highest BCUT2D eigenvalue weighted by atomic mass is 32.2. The van der Waals surface area contributed by atoms with Crippen molar-refractivity contribution >= 4 is 51.2 Å². The second kappa shape index (κ2) is 8.98. The number of nitrogens with one attached hydrogen (secondary N) is 2. The first-order chi connectivity index (χ1) is 12.2. The number of nitrogens with zero attached hydrogens (tertiary/aromatic N) is 2. The van der Waals surface area contributed by atoms with E-state index < -0.39 is 0 Å². The van der Waals surface area contributed by atoms with Gasteiger partial charge in [-0.2, -0.15) is 0 Å². The zero-order valence-corrected chi connectivity index (χ0v) is 16.1. The average Bonchev–Trinajstić information content (AvgIpc) is 3.25. The molecule has 25 heavy (non-hydrogen) atoms. The van der Waals surface area contributed by atoms with Gasteiger partial charge in [-0.3, -0.25) is 4.79 Å². The van der Waals surface area contributed by atoms with Crippen molar-refractivity contribution in [3.8, 4) is 0 Å². The maximum absolute atomic E-state index is 11.9. The molecule has 2 heterocycles. The molecule has 5 nitrogen and oxygen atoms in total. The summed E-state index contributed by atoms with van der Waals surface area (Å²) >= 11 is 4.56. The predicted octanol–water partition coefficient (Wildman–Crippen LogP) is 4.10. The maximum Gasteiger partial charge on any atom is 0.230 e. The van der Waals surface area contributed by atoms with Gasteiger partial charge in [0.15, 0.2) is 4.34 Å². The fourth-order valence-electron chi connectivity index (χ4n) is 2.12. The van der Waals surface area contributed by atoms with E-state index in [1.54, 1.807) is 11.3 Å². The Morgan fingerprint density at radius 2 is 2.16 bits per heavy atom. The van der Waals surface area contributed by atoms with Crippen LogP contribution in [0.3, 0.4) is 0 Å². The van der Waals surface area contributed by atoms with Gasteiger partial charge < -0.3 is 10.6 Å². The van der Waals surface area contributed by atoms with Crippen LogP contribution in [0.15, 0.2) is 46.1 Å². The van der Waals surface area contributed by atoms with Crippen LogP contribution in [0.25, 0.3) is 0 Å². The molecule has 0 aliphatic rings. The zero-order valence-electron chi connectivity index (χ0n) is 13.7. The van der Waals surface area contributed by atoms with Crippen molar-refractivity contribution in [3.63, 3.8) is 0 Å². The average molecular weight is 391 g/mol. The second-order valence-corrected chi connectivity index (χ2v) is 8.57. The molecule has 8 heteroatoms. The summed E-state index contributed by atoms with van der Waals surface area (Å²) in [5.74, 6) is 0.369. The quantitative estimate of drug-likeness (QED) is 0.567. The molecule has 3 aromatic rings. The molecule has 0 saturated carbocycles. The van der Waals surface area contributed by atoms with Crippen molar-refractivity contribution in [2.75, 3.05) is 17.6 Å². The minimum absolute atomic E-state index is 0.0185. The summed E-state index contributed by atoms with van der Waals surface area (Å²) in [6, 6.07) is 12.2. The lowest BCUT2D eigenvalue weighted by atomic mass is 10.2. The van der Waals surface area contributed by atoms with Gasteiger partial charge in [-0.05, 0) is 42.5 Å². The molecule has 0 unspecified atom stereocenters. The zero-order chi connectivity index (χ0) is 17.5. The molecule has 1 aromatic carbocycles.